The van der Waals surface area contributed by atoms with E-state index in [0.29, 0.717) is 6.54 Å². The van der Waals surface area contributed by atoms with Gasteiger partial charge in [0.2, 0.25) is 0 Å². The minimum atomic E-state index is 0.692. The van der Waals surface area contributed by atoms with Gasteiger partial charge >= 0.3 is 0 Å². The highest BCUT2D eigenvalue weighted by molar-refractivity contribution is 9.10. The quantitative estimate of drug-likeness (QED) is 0.930. The Bertz CT molecular complexity index is 543. The maximum Gasteiger partial charge on any atom is 0.115 e. The minimum Gasteiger partial charge on any atom is -0.330 e. The van der Waals surface area contributed by atoms with Crippen LogP contribution >= 0.6 is 27.7 Å². The van der Waals surface area contributed by atoms with E-state index in [0.717, 1.165) is 15.9 Å². The van der Waals surface area contributed by atoms with Crippen molar-refractivity contribution >= 4 is 27.7 Å². The van der Waals surface area contributed by atoms with Crippen LogP contribution in [-0.2, 0) is 6.42 Å². The molecule has 0 aliphatic heterocycles. The summed E-state index contributed by atoms with van der Waals surface area (Å²) in [6, 6.07) is 10.4. The molecule has 1 aromatic heterocycles. The van der Waals surface area contributed by atoms with E-state index in [9.17, 15) is 0 Å². The van der Waals surface area contributed by atoms with Crippen LogP contribution in [0.1, 0.15) is 11.1 Å². The molecule has 0 saturated heterocycles. The van der Waals surface area contributed by atoms with Gasteiger partial charge in [-0.15, -0.1) is 0 Å². The Balaban J connectivity index is 2.22. The maximum absolute atomic E-state index is 5.57. The smallest absolute Gasteiger partial charge is 0.115 e. The minimum absolute atomic E-state index is 0.692. The normalized spacial score (nSPS) is 10.6. The molecule has 1 aromatic carbocycles. The van der Waals surface area contributed by atoms with E-state index in [1.165, 1.54) is 16.0 Å². The fraction of sp³-hybridized carbons (Fsp3) is 0.214. The van der Waals surface area contributed by atoms with Gasteiger partial charge < -0.3 is 5.73 Å². The first-order valence-electron chi connectivity index (χ1n) is 5.78. The third kappa shape index (κ3) is 3.34. The molecule has 0 spiro atoms. The average Bonchev–Trinajstić information content (AvgIpc) is 2.35. The number of rotatable bonds is 4. The molecule has 0 aliphatic rings. The van der Waals surface area contributed by atoms with Gasteiger partial charge in [0.1, 0.15) is 5.03 Å². The van der Waals surface area contributed by atoms with Gasteiger partial charge in [0.25, 0.3) is 0 Å². The van der Waals surface area contributed by atoms with Gasteiger partial charge in [0.15, 0.2) is 0 Å². The van der Waals surface area contributed by atoms with Crippen LogP contribution in [0.5, 0.6) is 0 Å². The van der Waals surface area contributed by atoms with Crippen molar-refractivity contribution in [1.29, 1.82) is 0 Å². The number of hydrogen-bond acceptors (Lipinski definition) is 3. The molecule has 2 nitrogen and oxygen atoms in total. The first kappa shape index (κ1) is 13.6. The van der Waals surface area contributed by atoms with Gasteiger partial charge in [-0.05, 0) is 65.1 Å². The summed E-state index contributed by atoms with van der Waals surface area (Å²) in [6.07, 6.45) is 2.74. The molecule has 2 aromatic rings. The summed E-state index contributed by atoms with van der Waals surface area (Å²) < 4.78 is 1.03. The number of pyridine rings is 1. The van der Waals surface area contributed by atoms with Crippen molar-refractivity contribution in [3.8, 4) is 0 Å². The molecule has 0 atom stereocenters. The average molecular weight is 323 g/mol. The molecule has 2 rings (SSSR count). The summed E-state index contributed by atoms with van der Waals surface area (Å²) >= 11 is 5.20. The van der Waals surface area contributed by atoms with Crippen LogP contribution < -0.4 is 5.73 Å². The molecule has 18 heavy (non-hydrogen) atoms. The molecule has 4 heteroatoms. The van der Waals surface area contributed by atoms with Crippen molar-refractivity contribution < 1.29 is 0 Å². The van der Waals surface area contributed by atoms with Crippen molar-refractivity contribution in [2.45, 2.75) is 23.3 Å². The Morgan fingerprint density at radius 1 is 1.33 bits per heavy atom. The van der Waals surface area contributed by atoms with E-state index in [4.69, 9.17) is 5.73 Å². The van der Waals surface area contributed by atoms with Gasteiger partial charge in [-0.3, -0.25) is 0 Å². The molecular weight excluding hydrogens is 308 g/mol. The predicted molar refractivity (Wildman–Crippen MR) is 80.0 cm³/mol. The van der Waals surface area contributed by atoms with Gasteiger partial charge in [-0.2, -0.15) is 0 Å². The summed E-state index contributed by atoms with van der Waals surface area (Å²) in [7, 11) is 0. The number of benzene rings is 1. The van der Waals surface area contributed by atoms with Crippen LogP contribution in [0.25, 0.3) is 0 Å². The topological polar surface area (TPSA) is 38.9 Å². The highest BCUT2D eigenvalue weighted by Gasteiger charge is 2.06. The molecule has 0 unspecified atom stereocenters. The summed E-state index contributed by atoms with van der Waals surface area (Å²) in [4.78, 5) is 5.60. The van der Waals surface area contributed by atoms with E-state index in [1.807, 2.05) is 18.3 Å². The van der Waals surface area contributed by atoms with Gasteiger partial charge in [0.05, 0.1) is 4.47 Å². The Morgan fingerprint density at radius 2 is 2.17 bits per heavy atom. The second-order valence-electron chi connectivity index (χ2n) is 4.03. The SMILES string of the molecule is Cc1cc(CCN)ccc1Sc1ncccc1Br. The number of nitrogens with zero attached hydrogens (tertiary/aromatic N) is 1. The molecule has 0 amide bonds. The predicted octanol–water partition coefficient (Wildman–Crippen LogP) is 3.80. The van der Waals surface area contributed by atoms with Crippen molar-refractivity contribution in [1.82, 2.24) is 4.98 Å². The zero-order valence-electron chi connectivity index (χ0n) is 10.2. The largest absolute Gasteiger partial charge is 0.330 e. The highest BCUT2D eigenvalue weighted by atomic mass is 79.9. The Hall–Kier alpha value is -0.840. The molecule has 2 N–H and O–H groups in total. The van der Waals surface area contributed by atoms with Crippen LogP contribution in [0.15, 0.2) is 50.9 Å². The number of hydrogen-bond donors (Lipinski definition) is 1. The lowest BCUT2D eigenvalue weighted by molar-refractivity contribution is 0.962. The Kier molecular flexibility index (Phi) is 4.80. The zero-order chi connectivity index (χ0) is 13.0. The fourth-order valence-corrected chi connectivity index (χ4v) is 3.04. The third-order valence-electron chi connectivity index (χ3n) is 2.60. The molecule has 0 fully saturated rings. The summed E-state index contributed by atoms with van der Waals surface area (Å²) in [5.74, 6) is 0. The van der Waals surface area contributed by atoms with Crippen LogP contribution in [-0.4, -0.2) is 11.5 Å². The lowest BCUT2D eigenvalue weighted by Crippen LogP contribution is -2.02. The highest BCUT2D eigenvalue weighted by Crippen LogP contribution is 2.33. The van der Waals surface area contributed by atoms with Crippen molar-refractivity contribution in [3.63, 3.8) is 0 Å². The van der Waals surface area contributed by atoms with Gasteiger partial charge in [-0.1, -0.05) is 23.9 Å². The van der Waals surface area contributed by atoms with Gasteiger partial charge in [-0.25, -0.2) is 4.98 Å². The first-order chi connectivity index (χ1) is 8.70. The van der Waals surface area contributed by atoms with Crippen LogP contribution in [0.2, 0.25) is 0 Å². The second-order valence-corrected chi connectivity index (χ2v) is 5.92. The van der Waals surface area contributed by atoms with E-state index < -0.39 is 0 Å². The Morgan fingerprint density at radius 3 is 2.83 bits per heavy atom. The van der Waals surface area contributed by atoms with Crippen LogP contribution in [0.4, 0.5) is 0 Å². The van der Waals surface area contributed by atoms with Crippen LogP contribution in [0, 0.1) is 6.92 Å². The van der Waals surface area contributed by atoms with E-state index in [1.54, 1.807) is 11.8 Å². The number of aromatic nitrogens is 1. The van der Waals surface area contributed by atoms with Crippen molar-refractivity contribution in [3.05, 3.63) is 52.1 Å². The number of aryl methyl sites for hydroxylation is 1. The molecule has 1 heterocycles. The van der Waals surface area contributed by atoms with Crippen molar-refractivity contribution in [2.75, 3.05) is 6.54 Å². The molecule has 0 saturated carbocycles. The van der Waals surface area contributed by atoms with E-state index in [-0.39, 0.29) is 0 Å². The van der Waals surface area contributed by atoms with Crippen LogP contribution in [0.3, 0.4) is 0 Å². The Labute approximate surface area is 120 Å². The summed E-state index contributed by atoms with van der Waals surface area (Å²) in [6.45, 7) is 2.82. The molecular formula is C14H15BrN2S. The lowest BCUT2D eigenvalue weighted by Gasteiger charge is -2.08. The second kappa shape index (κ2) is 6.36. The lowest BCUT2D eigenvalue weighted by atomic mass is 10.1. The van der Waals surface area contributed by atoms with E-state index in [2.05, 4.69) is 46.0 Å². The zero-order valence-corrected chi connectivity index (χ0v) is 12.6. The monoisotopic (exact) mass is 322 g/mol. The summed E-state index contributed by atoms with van der Waals surface area (Å²) in [5, 5.41) is 0.993. The maximum atomic E-state index is 5.57. The molecule has 0 radical (unpaired) electrons. The standard InChI is InChI=1S/C14H15BrN2S/c1-10-9-11(6-7-16)4-5-13(10)18-14-12(15)3-2-8-17-14/h2-5,8-9H,6-7,16H2,1H3. The third-order valence-corrected chi connectivity index (χ3v) is 4.70. The number of nitrogens with two attached hydrogens (primary N) is 1. The van der Waals surface area contributed by atoms with Gasteiger partial charge in [0, 0.05) is 11.1 Å². The summed E-state index contributed by atoms with van der Waals surface area (Å²) in [5.41, 5.74) is 8.13. The fourth-order valence-electron chi connectivity index (χ4n) is 1.70. The van der Waals surface area contributed by atoms with E-state index >= 15 is 0 Å². The molecule has 0 bridgehead atoms. The van der Waals surface area contributed by atoms with Crippen molar-refractivity contribution in [2.24, 2.45) is 5.73 Å². The first-order valence-corrected chi connectivity index (χ1v) is 7.39. The molecule has 94 valence electrons. The number of halogens is 1. The molecule has 0 aliphatic carbocycles.